The first kappa shape index (κ1) is 20.9. The summed E-state index contributed by atoms with van der Waals surface area (Å²) in [7, 11) is 0. The van der Waals surface area contributed by atoms with E-state index >= 15 is 0 Å². The summed E-state index contributed by atoms with van der Waals surface area (Å²) in [4.78, 5) is 19.5. The van der Waals surface area contributed by atoms with Gasteiger partial charge in [0, 0.05) is 29.9 Å². The maximum atomic E-state index is 12.7. The summed E-state index contributed by atoms with van der Waals surface area (Å²) in [5.74, 6) is 1.16. The van der Waals surface area contributed by atoms with Crippen molar-refractivity contribution in [3.05, 3.63) is 41.7 Å². The van der Waals surface area contributed by atoms with Crippen LogP contribution in [-0.2, 0) is 16.8 Å². The second-order valence-electron chi connectivity index (χ2n) is 8.83. The summed E-state index contributed by atoms with van der Waals surface area (Å²) in [6.07, 6.45) is 9.58. The Morgan fingerprint density at radius 1 is 1.23 bits per heavy atom. The minimum Gasteiger partial charge on any atom is -0.482 e. The Morgan fingerprint density at radius 2 is 2.03 bits per heavy atom. The predicted octanol–water partition coefficient (Wildman–Crippen LogP) is 5.11. The number of hydrogen-bond donors (Lipinski definition) is 0. The molecule has 2 aliphatic heterocycles. The fourth-order valence-corrected chi connectivity index (χ4v) is 4.53. The van der Waals surface area contributed by atoms with Gasteiger partial charge in [-0.2, -0.15) is 0 Å². The standard InChI is InChI=1S/C25H32N2O3/c1-4-18-15-21(29-23(28)9-8-14-27-12-6-5-7-13-27)24-19-17-26-11-10-20(19)25(2,3)30-22(24)16-18/h10-11,15-17H,4-9,12-14H2,1-3H3. The molecule has 3 heterocycles. The van der Waals surface area contributed by atoms with Gasteiger partial charge in [-0.3, -0.25) is 9.78 Å². The Labute approximate surface area is 179 Å². The predicted molar refractivity (Wildman–Crippen MR) is 118 cm³/mol. The van der Waals surface area contributed by atoms with E-state index in [2.05, 4.69) is 36.7 Å². The van der Waals surface area contributed by atoms with Crippen LogP contribution in [0.2, 0.25) is 0 Å². The van der Waals surface area contributed by atoms with E-state index in [0.29, 0.717) is 12.2 Å². The molecule has 30 heavy (non-hydrogen) atoms. The smallest absolute Gasteiger partial charge is 0.311 e. The lowest BCUT2D eigenvalue weighted by molar-refractivity contribution is -0.134. The second kappa shape index (κ2) is 8.76. The van der Waals surface area contributed by atoms with E-state index in [1.165, 1.54) is 19.3 Å². The quantitative estimate of drug-likeness (QED) is 0.491. The first-order chi connectivity index (χ1) is 14.5. The van der Waals surface area contributed by atoms with E-state index in [9.17, 15) is 4.79 Å². The molecular weight excluding hydrogens is 376 g/mol. The number of carbonyl (C=O) groups is 1. The van der Waals surface area contributed by atoms with E-state index in [-0.39, 0.29) is 5.97 Å². The third-order valence-corrected chi connectivity index (χ3v) is 6.17. The zero-order valence-electron chi connectivity index (χ0n) is 18.4. The molecule has 0 amide bonds. The van der Waals surface area contributed by atoms with Gasteiger partial charge in [0.1, 0.15) is 17.1 Å². The van der Waals surface area contributed by atoms with Crippen molar-refractivity contribution in [3.63, 3.8) is 0 Å². The van der Waals surface area contributed by atoms with E-state index in [0.717, 1.165) is 60.5 Å². The maximum absolute atomic E-state index is 12.7. The number of aryl methyl sites for hydroxylation is 1. The topological polar surface area (TPSA) is 51.7 Å². The number of nitrogens with zero attached hydrogens (tertiary/aromatic N) is 2. The summed E-state index contributed by atoms with van der Waals surface area (Å²) >= 11 is 0. The van der Waals surface area contributed by atoms with Gasteiger partial charge in [0.2, 0.25) is 0 Å². The molecule has 0 aliphatic carbocycles. The highest BCUT2D eigenvalue weighted by molar-refractivity contribution is 5.84. The third kappa shape index (κ3) is 4.36. The molecule has 4 rings (SSSR count). The number of carbonyl (C=O) groups excluding carboxylic acids is 1. The molecule has 1 aromatic carbocycles. The van der Waals surface area contributed by atoms with Crippen LogP contribution in [0.5, 0.6) is 11.5 Å². The maximum Gasteiger partial charge on any atom is 0.311 e. The van der Waals surface area contributed by atoms with E-state index < -0.39 is 5.60 Å². The lowest BCUT2D eigenvalue weighted by Gasteiger charge is -2.35. The molecule has 0 radical (unpaired) electrons. The van der Waals surface area contributed by atoms with Gasteiger partial charge in [0.25, 0.3) is 0 Å². The summed E-state index contributed by atoms with van der Waals surface area (Å²) < 4.78 is 12.2. The molecule has 1 fully saturated rings. The highest BCUT2D eigenvalue weighted by Gasteiger charge is 2.35. The first-order valence-electron chi connectivity index (χ1n) is 11.2. The second-order valence-corrected chi connectivity index (χ2v) is 8.83. The largest absolute Gasteiger partial charge is 0.482 e. The fourth-order valence-electron chi connectivity index (χ4n) is 4.53. The number of pyridine rings is 1. The average Bonchev–Trinajstić information content (AvgIpc) is 2.73. The number of benzene rings is 1. The molecular formula is C25H32N2O3. The molecule has 0 spiro atoms. The van der Waals surface area contributed by atoms with Crippen LogP contribution in [0.4, 0.5) is 0 Å². The number of ether oxygens (including phenoxy) is 2. The molecule has 0 atom stereocenters. The van der Waals surface area contributed by atoms with Crippen molar-refractivity contribution in [2.75, 3.05) is 19.6 Å². The van der Waals surface area contributed by atoms with Crippen LogP contribution >= 0.6 is 0 Å². The number of aromatic nitrogens is 1. The Bertz CT molecular complexity index is 917. The van der Waals surface area contributed by atoms with Crippen molar-refractivity contribution in [1.29, 1.82) is 0 Å². The number of likely N-dealkylation sites (tertiary alicyclic amines) is 1. The normalized spacial score (nSPS) is 17.6. The molecule has 1 saturated heterocycles. The number of hydrogen-bond acceptors (Lipinski definition) is 5. The van der Waals surface area contributed by atoms with Crippen LogP contribution in [-0.4, -0.2) is 35.5 Å². The lowest BCUT2D eigenvalue weighted by Crippen LogP contribution is -2.31. The number of fused-ring (bicyclic) bond motifs is 3. The summed E-state index contributed by atoms with van der Waals surface area (Å²) in [5.41, 5.74) is 3.49. The minimum absolute atomic E-state index is 0.183. The van der Waals surface area contributed by atoms with E-state index in [1.807, 2.05) is 18.3 Å². The van der Waals surface area contributed by atoms with Crippen LogP contribution in [0.3, 0.4) is 0 Å². The Hall–Kier alpha value is -2.40. The SMILES string of the molecule is CCc1cc(OC(=O)CCCN2CCCCC2)c2c(c1)OC(C)(C)c1ccncc1-2. The molecule has 0 unspecified atom stereocenters. The Morgan fingerprint density at radius 3 is 2.80 bits per heavy atom. The molecule has 2 aliphatic rings. The molecule has 5 nitrogen and oxygen atoms in total. The zero-order chi connectivity index (χ0) is 21.1. The molecule has 1 aromatic heterocycles. The van der Waals surface area contributed by atoms with Crippen LogP contribution < -0.4 is 9.47 Å². The van der Waals surface area contributed by atoms with Crippen molar-refractivity contribution in [2.24, 2.45) is 0 Å². The number of esters is 1. The molecule has 0 bridgehead atoms. The van der Waals surface area contributed by atoms with Crippen LogP contribution in [0.25, 0.3) is 11.1 Å². The first-order valence-corrected chi connectivity index (χ1v) is 11.2. The Kier molecular flexibility index (Phi) is 6.09. The highest BCUT2D eigenvalue weighted by atomic mass is 16.5. The van der Waals surface area contributed by atoms with Crippen molar-refractivity contribution < 1.29 is 14.3 Å². The molecule has 160 valence electrons. The molecule has 0 saturated carbocycles. The van der Waals surface area contributed by atoms with Gasteiger partial charge in [-0.25, -0.2) is 0 Å². The van der Waals surface area contributed by atoms with Crippen molar-refractivity contribution in [3.8, 4) is 22.6 Å². The van der Waals surface area contributed by atoms with Crippen LogP contribution in [0.15, 0.2) is 30.6 Å². The fraction of sp³-hybridized carbons (Fsp3) is 0.520. The molecule has 0 N–H and O–H groups in total. The van der Waals surface area contributed by atoms with E-state index in [4.69, 9.17) is 9.47 Å². The average molecular weight is 409 g/mol. The third-order valence-electron chi connectivity index (χ3n) is 6.17. The number of piperidine rings is 1. The Balaban J connectivity index is 1.55. The van der Waals surface area contributed by atoms with Crippen LogP contribution in [0, 0.1) is 0 Å². The summed E-state index contributed by atoms with van der Waals surface area (Å²) in [5, 5.41) is 0. The molecule has 5 heteroatoms. The van der Waals surface area contributed by atoms with E-state index in [1.54, 1.807) is 6.20 Å². The van der Waals surface area contributed by atoms with Crippen molar-refractivity contribution in [2.45, 2.75) is 64.9 Å². The van der Waals surface area contributed by atoms with Gasteiger partial charge in [-0.15, -0.1) is 0 Å². The zero-order valence-corrected chi connectivity index (χ0v) is 18.4. The monoisotopic (exact) mass is 408 g/mol. The van der Waals surface area contributed by atoms with Gasteiger partial charge in [-0.05, 0) is 82.9 Å². The van der Waals surface area contributed by atoms with Crippen molar-refractivity contribution >= 4 is 5.97 Å². The van der Waals surface area contributed by atoms with Gasteiger partial charge >= 0.3 is 5.97 Å². The van der Waals surface area contributed by atoms with Crippen LogP contribution in [0.1, 0.15) is 64.0 Å². The van der Waals surface area contributed by atoms with Gasteiger partial charge in [0.15, 0.2) is 0 Å². The lowest BCUT2D eigenvalue weighted by atomic mass is 9.86. The van der Waals surface area contributed by atoms with Gasteiger partial charge in [0.05, 0.1) is 5.56 Å². The minimum atomic E-state index is -0.465. The summed E-state index contributed by atoms with van der Waals surface area (Å²) in [6.45, 7) is 9.47. The molecule has 2 aromatic rings. The van der Waals surface area contributed by atoms with Gasteiger partial charge in [-0.1, -0.05) is 13.3 Å². The van der Waals surface area contributed by atoms with Crippen molar-refractivity contribution in [1.82, 2.24) is 9.88 Å². The number of rotatable bonds is 6. The van der Waals surface area contributed by atoms with Gasteiger partial charge < -0.3 is 14.4 Å². The summed E-state index contributed by atoms with van der Waals surface area (Å²) in [6, 6.07) is 6.01. The highest BCUT2D eigenvalue weighted by Crippen LogP contribution is 2.49.